The molecular formula is C24H33N3O5. The second-order valence-electron chi connectivity index (χ2n) is 8.78. The number of aliphatic hydroxyl groups is 1. The number of hydrogen-bond acceptors (Lipinski definition) is 6. The van der Waals surface area contributed by atoms with Crippen molar-refractivity contribution >= 4 is 11.8 Å². The summed E-state index contributed by atoms with van der Waals surface area (Å²) in [6.45, 7) is 4.73. The molecule has 8 nitrogen and oxygen atoms in total. The minimum atomic E-state index is -0.367. The van der Waals surface area contributed by atoms with E-state index in [-0.39, 0.29) is 54.9 Å². The van der Waals surface area contributed by atoms with Gasteiger partial charge in [-0.15, -0.1) is 0 Å². The molecule has 1 aliphatic heterocycles. The lowest BCUT2D eigenvalue weighted by Gasteiger charge is -2.38. The van der Waals surface area contributed by atoms with Gasteiger partial charge in [-0.3, -0.25) is 9.59 Å². The van der Waals surface area contributed by atoms with Gasteiger partial charge in [0.05, 0.1) is 19.2 Å². The molecule has 3 atom stereocenters. The first-order chi connectivity index (χ1) is 15.3. The SMILES string of the molecule is COCC#Cc1cnc2c(c1)C(=O)N([C@@H](C)CO)C[C@@H](C)[C@@H](CN(C)C(=O)C1CCC1)O2. The standard InChI is InChI=1S/C24H33N3O5/c1-16-13-27(17(2)15-28)24(30)20-11-18(7-6-10-31-4)12-25-22(20)32-21(16)14-26(3)23(29)19-8-5-9-19/h11-12,16-17,19,21,28H,5,8-10,13-15H2,1-4H3/t16-,17+,21-/m1/s1. The van der Waals surface area contributed by atoms with Gasteiger partial charge in [0.25, 0.3) is 5.91 Å². The number of nitrogens with zero attached hydrogens (tertiary/aromatic N) is 3. The maximum atomic E-state index is 13.3. The summed E-state index contributed by atoms with van der Waals surface area (Å²) in [5.74, 6) is 5.95. The van der Waals surface area contributed by atoms with Crippen LogP contribution in [0.3, 0.4) is 0 Å². The Hall–Kier alpha value is -2.63. The third-order valence-electron chi connectivity index (χ3n) is 6.25. The molecule has 1 fully saturated rings. The number of fused-ring (bicyclic) bond motifs is 1. The van der Waals surface area contributed by atoms with E-state index in [2.05, 4.69) is 16.8 Å². The van der Waals surface area contributed by atoms with Crippen molar-refractivity contribution in [3.63, 3.8) is 0 Å². The Morgan fingerprint density at radius 1 is 1.47 bits per heavy atom. The van der Waals surface area contributed by atoms with Crippen molar-refractivity contribution < 1.29 is 24.2 Å². The monoisotopic (exact) mass is 443 g/mol. The molecule has 0 spiro atoms. The van der Waals surface area contributed by atoms with Crippen molar-refractivity contribution in [2.45, 2.75) is 45.3 Å². The maximum Gasteiger partial charge on any atom is 0.259 e. The van der Waals surface area contributed by atoms with Crippen LogP contribution in [0.1, 0.15) is 49.0 Å². The molecule has 0 unspecified atom stereocenters. The number of methoxy groups -OCH3 is 1. The van der Waals surface area contributed by atoms with Crippen LogP contribution in [0.25, 0.3) is 0 Å². The van der Waals surface area contributed by atoms with Gasteiger partial charge in [0.15, 0.2) is 0 Å². The number of amides is 2. The van der Waals surface area contributed by atoms with E-state index in [4.69, 9.17) is 9.47 Å². The summed E-state index contributed by atoms with van der Waals surface area (Å²) in [5, 5.41) is 9.75. The number of carbonyl (C=O) groups excluding carboxylic acids is 2. The summed E-state index contributed by atoms with van der Waals surface area (Å²) in [6.07, 6.45) is 4.21. The third-order valence-corrected chi connectivity index (χ3v) is 6.25. The van der Waals surface area contributed by atoms with Crippen LogP contribution in [-0.2, 0) is 9.53 Å². The van der Waals surface area contributed by atoms with Crippen molar-refractivity contribution in [1.82, 2.24) is 14.8 Å². The van der Waals surface area contributed by atoms with E-state index in [9.17, 15) is 14.7 Å². The van der Waals surface area contributed by atoms with Gasteiger partial charge >= 0.3 is 0 Å². The summed E-state index contributed by atoms with van der Waals surface area (Å²) >= 11 is 0. The maximum absolute atomic E-state index is 13.3. The molecule has 0 bridgehead atoms. The summed E-state index contributed by atoms with van der Waals surface area (Å²) in [5.41, 5.74) is 0.885. The van der Waals surface area contributed by atoms with Gasteiger partial charge in [-0.1, -0.05) is 25.2 Å². The highest BCUT2D eigenvalue weighted by atomic mass is 16.5. The molecule has 32 heavy (non-hydrogen) atoms. The van der Waals surface area contributed by atoms with Crippen molar-refractivity contribution in [2.24, 2.45) is 11.8 Å². The summed E-state index contributed by atoms with van der Waals surface area (Å²) in [4.78, 5) is 33.8. The van der Waals surface area contributed by atoms with E-state index in [1.807, 2.05) is 13.8 Å². The van der Waals surface area contributed by atoms with Gasteiger partial charge in [0.2, 0.25) is 11.8 Å². The zero-order valence-corrected chi connectivity index (χ0v) is 19.3. The van der Waals surface area contributed by atoms with E-state index < -0.39 is 0 Å². The van der Waals surface area contributed by atoms with E-state index >= 15 is 0 Å². The quantitative estimate of drug-likeness (QED) is 0.671. The van der Waals surface area contributed by atoms with E-state index in [0.717, 1.165) is 19.3 Å². The van der Waals surface area contributed by atoms with Crippen LogP contribution in [0.15, 0.2) is 12.3 Å². The lowest BCUT2D eigenvalue weighted by atomic mass is 9.84. The lowest BCUT2D eigenvalue weighted by Crippen LogP contribution is -2.51. The molecule has 8 heteroatoms. The molecule has 2 heterocycles. The molecule has 1 saturated carbocycles. The van der Waals surface area contributed by atoms with Crippen LogP contribution in [0.5, 0.6) is 5.88 Å². The minimum absolute atomic E-state index is 0.0688. The van der Waals surface area contributed by atoms with Crippen LogP contribution in [0.4, 0.5) is 0 Å². The third kappa shape index (κ3) is 5.40. The second kappa shape index (κ2) is 10.8. The van der Waals surface area contributed by atoms with Gasteiger partial charge in [0, 0.05) is 44.3 Å². The molecule has 1 N–H and O–H groups in total. The van der Waals surface area contributed by atoms with Gasteiger partial charge in [0.1, 0.15) is 18.3 Å². The highest BCUT2D eigenvalue weighted by Crippen LogP contribution is 2.30. The van der Waals surface area contributed by atoms with Crippen molar-refractivity contribution in [3.8, 4) is 17.7 Å². The topological polar surface area (TPSA) is 92.2 Å². The van der Waals surface area contributed by atoms with Gasteiger partial charge in [-0.25, -0.2) is 4.98 Å². The zero-order chi connectivity index (χ0) is 23.3. The van der Waals surface area contributed by atoms with E-state index in [0.29, 0.717) is 24.2 Å². The molecule has 0 radical (unpaired) electrons. The predicted molar refractivity (Wildman–Crippen MR) is 119 cm³/mol. The van der Waals surface area contributed by atoms with Crippen molar-refractivity contribution in [1.29, 1.82) is 0 Å². The average molecular weight is 444 g/mol. The molecule has 0 saturated heterocycles. The average Bonchev–Trinajstić information content (AvgIpc) is 2.74. The highest BCUT2D eigenvalue weighted by Gasteiger charge is 2.36. The van der Waals surface area contributed by atoms with Gasteiger partial charge in [-0.2, -0.15) is 0 Å². The van der Waals surface area contributed by atoms with Crippen LogP contribution >= 0.6 is 0 Å². The number of carbonyl (C=O) groups is 2. The number of hydrogen-bond donors (Lipinski definition) is 1. The smallest absolute Gasteiger partial charge is 0.259 e. The zero-order valence-electron chi connectivity index (χ0n) is 19.3. The van der Waals surface area contributed by atoms with Crippen molar-refractivity contribution in [2.75, 3.05) is 40.5 Å². The number of aliphatic hydroxyl groups excluding tert-OH is 1. The first-order valence-corrected chi connectivity index (χ1v) is 11.2. The lowest BCUT2D eigenvalue weighted by molar-refractivity contribution is -0.138. The molecule has 0 aromatic carbocycles. The fourth-order valence-electron chi connectivity index (χ4n) is 3.93. The van der Waals surface area contributed by atoms with Crippen LogP contribution < -0.4 is 4.74 Å². The minimum Gasteiger partial charge on any atom is -0.472 e. The number of pyridine rings is 1. The molecule has 174 valence electrons. The number of ether oxygens (including phenoxy) is 2. The van der Waals surface area contributed by atoms with E-state index in [1.165, 1.54) is 0 Å². The summed E-state index contributed by atoms with van der Waals surface area (Å²) < 4.78 is 11.2. The van der Waals surface area contributed by atoms with Crippen LogP contribution in [0, 0.1) is 23.7 Å². The molecular weight excluding hydrogens is 410 g/mol. The Morgan fingerprint density at radius 3 is 2.84 bits per heavy atom. The number of likely N-dealkylation sites (N-methyl/N-ethyl adjacent to an activating group) is 1. The van der Waals surface area contributed by atoms with Gasteiger partial charge < -0.3 is 24.4 Å². The van der Waals surface area contributed by atoms with Gasteiger partial charge in [-0.05, 0) is 25.8 Å². The molecule has 3 rings (SSSR count). The number of aromatic nitrogens is 1. The summed E-state index contributed by atoms with van der Waals surface area (Å²) in [6, 6.07) is 1.30. The van der Waals surface area contributed by atoms with E-state index in [1.54, 1.807) is 36.2 Å². The highest BCUT2D eigenvalue weighted by molar-refractivity contribution is 5.97. The fourth-order valence-corrected chi connectivity index (χ4v) is 3.93. The normalized spacial score (nSPS) is 21.8. The molecule has 1 aromatic rings. The number of rotatable bonds is 6. The molecule has 2 aliphatic rings. The summed E-state index contributed by atoms with van der Waals surface area (Å²) in [7, 11) is 3.37. The largest absolute Gasteiger partial charge is 0.472 e. The Bertz CT molecular complexity index is 889. The molecule has 2 amide bonds. The van der Waals surface area contributed by atoms with Crippen LogP contribution in [0.2, 0.25) is 0 Å². The predicted octanol–water partition coefficient (Wildman–Crippen LogP) is 1.56. The van der Waals surface area contributed by atoms with Crippen molar-refractivity contribution in [3.05, 3.63) is 23.4 Å². The Morgan fingerprint density at radius 2 is 2.22 bits per heavy atom. The Labute approximate surface area is 189 Å². The first kappa shape index (κ1) is 24.0. The second-order valence-corrected chi connectivity index (χ2v) is 8.78. The van der Waals surface area contributed by atoms with Crippen LogP contribution in [-0.4, -0.2) is 84.3 Å². The first-order valence-electron chi connectivity index (χ1n) is 11.2. The Kier molecular flexibility index (Phi) is 8.10. The fraction of sp³-hybridized carbons (Fsp3) is 0.625. The Balaban J connectivity index is 1.91. The molecule has 1 aromatic heterocycles. The molecule has 1 aliphatic carbocycles.